The average molecular weight is 448 g/mol. The van der Waals surface area contributed by atoms with Crippen molar-refractivity contribution in [2.45, 2.75) is 26.6 Å². The molecule has 1 aromatic carbocycles. The van der Waals surface area contributed by atoms with Crippen molar-refractivity contribution in [1.29, 1.82) is 0 Å². The number of esters is 1. The molecule has 0 atom stereocenters. The summed E-state index contributed by atoms with van der Waals surface area (Å²) in [5.74, 6) is 1.72. The van der Waals surface area contributed by atoms with Crippen molar-refractivity contribution in [3.8, 4) is 23.2 Å². The monoisotopic (exact) mass is 448 g/mol. The second-order valence-electron chi connectivity index (χ2n) is 7.35. The minimum absolute atomic E-state index is 0.0897. The van der Waals surface area contributed by atoms with Crippen molar-refractivity contribution >= 4 is 5.97 Å². The molecule has 3 aromatic heterocycles. The first-order valence-corrected chi connectivity index (χ1v) is 10.3. The van der Waals surface area contributed by atoms with Crippen LogP contribution in [0.5, 0.6) is 11.8 Å². The molecule has 0 fully saturated rings. The van der Waals surface area contributed by atoms with E-state index < -0.39 is 0 Å². The number of methoxy groups -OCH3 is 1. The smallest absolute Gasteiger partial charge is 0.310 e. The number of oxazole rings is 1. The average Bonchev–Trinajstić information content (AvgIpc) is 3.38. The summed E-state index contributed by atoms with van der Waals surface area (Å²) in [6.45, 7) is 2.32. The number of benzene rings is 1. The summed E-state index contributed by atoms with van der Waals surface area (Å²) in [5, 5.41) is 4.27. The van der Waals surface area contributed by atoms with E-state index in [2.05, 4.69) is 15.1 Å². The molecule has 0 N–H and O–H groups in total. The van der Waals surface area contributed by atoms with Crippen LogP contribution in [0.3, 0.4) is 0 Å². The summed E-state index contributed by atoms with van der Waals surface area (Å²) < 4.78 is 23.8. The summed E-state index contributed by atoms with van der Waals surface area (Å²) in [4.78, 5) is 20.4. The highest BCUT2D eigenvalue weighted by molar-refractivity contribution is 5.73. The Hall–Kier alpha value is -4.14. The number of carbonyl (C=O) groups excluding carboxylic acids is 1. The summed E-state index contributed by atoms with van der Waals surface area (Å²) in [5.41, 5.74) is 3.12. The number of aryl methyl sites for hydroxylation is 2. The molecule has 4 rings (SSSR count). The van der Waals surface area contributed by atoms with E-state index in [0.717, 1.165) is 11.1 Å². The number of hydrogen-bond donors (Lipinski definition) is 0. The second-order valence-corrected chi connectivity index (χ2v) is 7.35. The number of pyridine rings is 1. The van der Waals surface area contributed by atoms with Crippen molar-refractivity contribution in [3.05, 3.63) is 77.4 Å². The zero-order valence-corrected chi connectivity index (χ0v) is 18.6. The van der Waals surface area contributed by atoms with Crippen LogP contribution in [-0.4, -0.2) is 32.8 Å². The molecule has 9 nitrogen and oxygen atoms in total. The lowest BCUT2D eigenvalue weighted by Gasteiger charge is -2.08. The van der Waals surface area contributed by atoms with E-state index in [0.29, 0.717) is 34.7 Å². The van der Waals surface area contributed by atoms with E-state index in [4.69, 9.17) is 18.6 Å². The van der Waals surface area contributed by atoms with Crippen LogP contribution in [0.1, 0.15) is 22.6 Å². The first-order valence-electron chi connectivity index (χ1n) is 10.3. The first kappa shape index (κ1) is 22.1. The number of rotatable bonds is 9. The van der Waals surface area contributed by atoms with Crippen LogP contribution in [0.4, 0.5) is 0 Å². The van der Waals surface area contributed by atoms with Gasteiger partial charge in [0.05, 0.1) is 13.5 Å². The second kappa shape index (κ2) is 9.99. The largest absolute Gasteiger partial charge is 0.472 e. The zero-order valence-electron chi connectivity index (χ0n) is 18.6. The predicted molar refractivity (Wildman–Crippen MR) is 119 cm³/mol. The fourth-order valence-corrected chi connectivity index (χ4v) is 3.17. The van der Waals surface area contributed by atoms with E-state index in [1.807, 2.05) is 43.3 Å². The molecule has 0 aliphatic heterocycles. The van der Waals surface area contributed by atoms with Gasteiger partial charge in [-0.1, -0.05) is 18.2 Å². The van der Waals surface area contributed by atoms with Gasteiger partial charge in [0.1, 0.15) is 24.7 Å². The van der Waals surface area contributed by atoms with Crippen LogP contribution in [-0.2, 0) is 36.2 Å². The maximum absolute atomic E-state index is 11.6. The molecule has 0 aliphatic rings. The Labute approximate surface area is 191 Å². The SMILES string of the molecule is COC(=O)Cc1cn(C)nc1OCc1ccnc(OCc2nc(-c3ccccc3)oc2C)c1. The Morgan fingerprint density at radius 3 is 2.73 bits per heavy atom. The van der Waals surface area contributed by atoms with Gasteiger partial charge in [0.2, 0.25) is 17.7 Å². The lowest BCUT2D eigenvalue weighted by molar-refractivity contribution is -0.139. The third-order valence-electron chi connectivity index (χ3n) is 4.87. The van der Waals surface area contributed by atoms with Gasteiger partial charge < -0.3 is 18.6 Å². The summed E-state index contributed by atoms with van der Waals surface area (Å²) in [6, 6.07) is 13.3. The van der Waals surface area contributed by atoms with Gasteiger partial charge >= 0.3 is 5.97 Å². The predicted octanol–water partition coefficient (Wildman–Crippen LogP) is 3.65. The lowest BCUT2D eigenvalue weighted by Crippen LogP contribution is -2.06. The Bertz CT molecular complexity index is 1230. The zero-order chi connectivity index (χ0) is 23.2. The molecule has 0 unspecified atom stereocenters. The van der Waals surface area contributed by atoms with Gasteiger partial charge in [-0.2, -0.15) is 0 Å². The summed E-state index contributed by atoms with van der Waals surface area (Å²) in [6.07, 6.45) is 3.47. The third kappa shape index (κ3) is 5.57. The van der Waals surface area contributed by atoms with Gasteiger partial charge in [-0.3, -0.25) is 9.48 Å². The van der Waals surface area contributed by atoms with Crippen molar-refractivity contribution in [1.82, 2.24) is 19.7 Å². The number of aromatic nitrogens is 4. The van der Waals surface area contributed by atoms with E-state index in [1.54, 1.807) is 30.2 Å². The summed E-state index contributed by atoms with van der Waals surface area (Å²) in [7, 11) is 3.11. The molecule has 0 spiro atoms. The molecule has 3 heterocycles. The molecule has 170 valence electrons. The van der Waals surface area contributed by atoms with Crippen LogP contribution >= 0.6 is 0 Å². The normalized spacial score (nSPS) is 10.8. The maximum Gasteiger partial charge on any atom is 0.310 e. The summed E-state index contributed by atoms with van der Waals surface area (Å²) >= 11 is 0. The Kier molecular flexibility index (Phi) is 6.68. The van der Waals surface area contributed by atoms with Gasteiger partial charge in [-0.15, -0.1) is 5.10 Å². The van der Waals surface area contributed by atoms with E-state index in [1.165, 1.54) is 7.11 Å². The molecule has 0 radical (unpaired) electrons. The molecule has 0 aliphatic carbocycles. The van der Waals surface area contributed by atoms with Crippen LogP contribution < -0.4 is 9.47 Å². The van der Waals surface area contributed by atoms with Crippen molar-refractivity contribution in [2.24, 2.45) is 7.05 Å². The molecule has 0 saturated carbocycles. The quantitative estimate of drug-likeness (QED) is 0.358. The number of hydrogen-bond acceptors (Lipinski definition) is 8. The molecule has 9 heteroatoms. The van der Waals surface area contributed by atoms with Crippen LogP contribution in [0.15, 0.2) is 59.3 Å². The molecule has 0 saturated heterocycles. The highest BCUT2D eigenvalue weighted by atomic mass is 16.5. The van der Waals surface area contributed by atoms with Gasteiger partial charge in [-0.05, 0) is 30.7 Å². The molecular weight excluding hydrogens is 424 g/mol. The minimum Gasteiger partial charge on any atom is -0.472 e. The Balaban J connectivity index is 1.38. The standard InChI is InChI=1S/C24H24N4O5/c1-16-20(26-23(33-16)18-7-5-4-6-8-18)15-31-21-11-17(9-10-25-21)14-32-24-19(12-22(29)30-3)13-28(2)27-24/h4-11,13H,12,14-15H2,1-3H3. The van der Waals surface area contributed by atoms with E-state index >= 15 is 0 Å². The van der Waals surface area contributed by atoms with E-state index in [-0.39, 0.29) is 25.6 Å². The number of carbonyl (C=O) groups is 1. The lowest BCUT2D eigenvalue weighted by atomic mass is 10.2. The molecule has 33 heavy (non-hydrogen) atoms. The first-order chi connectivity index (χ1) is 16.0. The fraction of sp³-hybridized carbons (Fsp3) is 0.250. The Morgan fingerprint density at radius 2 is 1.94 bits per heavy atom. The number of ether oxygens (including phenoxy) is 3. The van der Waals surface area contributed by atoms with Crippen molar-refractivity contribution in [2.75, 3.05) is 7.11 Å². The number of nitrogens with zero attached hydrogens (tertiary/aromatic N) is 4. The fourth-order valence-electron chi connectivity index (χ4n) is 3.17. The van der Waals surface area contributed by atoms with Gasteiger partial charge in [0.15, 0.2) is 0 Å². The van der Waals surface area contributed by atoms with Crippen molar-refractivity contribution < 1.29 is 23.4 Å². The Morgan fingerprint density at radius 1 is 1.12 bits per heavy atom. The molecule has 0 bridgehead atoms. The highest BCUT2D eigenvalue weighted by Crippen LogP contribution is 2.23. The molecule has 0 amide bonds. The minimum atomic E-state index is -0.356. The van der Waals surface area contributed by atoms with Crippen LogP contribution in [0.25, 0.3) is 11.5 Å². The highest BCUT2D eigenvalue weighted by Gasteiger charge is 2.15. The van der Waals surface area contributed by atoms with Gasteiger partial charge in [0, 0.05) is 36.6 Å². The van der Waals surface area contributed by atoms with Crippen LogP contribution in [0, 0.1) is 6.92 Å². The topological polar surface area (TPSA) is 102 Å². The van der Waals surface area contributed by atoms with Crippen molar-refractivity contribution in [3.63, 3.8) is 0 Å². The molecular formula is C24H24N4O5. The van der Waals surface area contributed by atoms with Gasteiger partial charge in [0.25, 0.3) is 0 Å². The molecule has 4 aromatic rings. The third-order valence-corrected chi connectivity index (χ3v) is 4.87. The maximum atomic E-state index is 11.6. The van der Waals surface area contributed by atoms with Gasteiger partial charge in [-0.25, -0.2) is 9.97 Å². The van der Waals surface area contributed by atoms with E-state index in [9.17, 15) is 4.79 Å². The van der Waals surface area contributed by atoms with Crippen LogP contribution in [0.2, 0.25) is 0 Å².